The quantitative estimate of drug-likeness (QED) is 0.872. The van der Waals surface area contributed by atoms with Crippen LogP contribution in [0.25, 0.3) is 0 Å². The van der Waals surface area contributed by atoms with E-state index in [4.69, 9.17) is 10.4 Å². The maximum atomic E-state index is 10.9. The highest BCUT2D eigenvalue weighted by Crippen LogP contribution is 2.14. The number of nitrogens with one attached hydrogen (secondary N) is 1. The number of benzene rings is 1. The van der Waals surface area contributed by atoms with Gasteiger partial charge in [0.15, 0.2) is 0 Å². The van der Waals surface area contributed by atoms with Crippen LogP contribution < -0.4 is 5.32 Å². The van der Waals surface area contributed by atoms with Crippen LogP contribution >= 0.6 is 0 Å². The van der Waals surface area contributed by atoms with Crippen molar-refractivity contribution in [1.29, 1.82) is 5.26 Å². The molecule has 0 aliphatic heterocycles. The van der Waals surface area contributed by atoms with E-state index in [0.717, 1.165) is 5.56 Å². The van der Waals surface area contributed by atoms with Gasteiger partial charge < -0.3 is 10.4 Å². The molecule has 5 nitrogen and oxygen atoms in total. The number of rotatable bonds is 4. The van der Waals surface area contributed by atoms with Crippen LogP contribution in [0.3, 0.4) is 0 Å². The lowest BCUT2D eigenvalue weighted by Gasteiger charge is -2.08. The first-order valence-corrected chi connectivity index (χ1v) is 5.61. The van der Waals surface area contributed by atoms with Gasteiger partial charge in [-0.1, -0.05) is 12.1 Å². The summed E-state index contributed by atoms with van der Waals surface area (Å²) in [5.41, 5.74) is 2.20. The zero-order valence-corrected chi connectivity index (χ0v) is 10.00. The van der Waals surface area contributed by atoms with Crippen molar-refractivity contribution in [3.05, 3.63) is 59.4 Å². The maximum absolute atomic E-state index is 10.9. The third kappa shape index (κ3) is 3.07. The summed E-state index contributed by atoms with van der Waals surface area (Å²) < 4.78 is 0. The van der Waals surface area contributed by atoms with Crippen LogP contribution in [-0.2, 0) is 6.54 Å². The molecule has 2 N–H and O–H groups in total. The van der Waals surface area contributed by atoms with Crippen molar-refractivity contribution >= 4 is 11.7 Å². The fourth-order valence-corrected chi connectivity index (χ4v) is 1.64. The number of carboxylic acids is 1. The number of hydrogen-bond acceptors (Lipinski definition) is 4. The fourth-order valence-electron chi connectivity index (χ4n) is 1.64. The van der Waals surface area contributed by atoms with Gasteiger partial charge in [0.2, 0.25) is 0 Å². The molecule has 0 saturated heterocycles. The molecule has 94 valence electrons. The smallest absolute Gasteiger partial charge is 0.335 e. The second kappa shape index (κ2) is 5.65. The molecule has 0 amide bonds. The minimum absolute atomic E-state index is 0.242. The van der Waals surface area contributed by atoms with Gasteiger partial charge in [-0.05, 0) is 23.8 Å². The van der Waals surface area contributed by atoms with Gasteiger partial charge in [-0.25, -0.2) is 4.79 Å². The van der Waals surface area contributed by atoms with Gasteiger partial charge in [-0.2, -0.15) is 5.26 Å². The number of nitriles is 1. The highest BCUT2D eigenvalue weighted by Gasteiger charge is 2.04. The van der Waals surface area contributed by atoms with Gasteiger partial charge in [0, 0.05) is 12.7 Å². The summed E-state index contributed by atoms with van der Waals surface area (Å²) in [4.78, 5) is 14.8. The van der Waals surface area contributed by atoms with Crippen LogP contribution in [-0.4, -0.2) is 16.1 Å². The minimum atomic E-state index is -0.957. The third-order valence-corrected chi connectivity index (χ3v) is 2.60. The molecular formula is C14H11N3O2. The van der Waals surface area contributed by atoms with Gasteiger partial charge in [0.05, 0.1) is 23.0 Å². The number of aromatic nitrogens is 1. The van der Waals surface area contributed by atoms with Gasteiger partial charge in [-0.3, -0.25) is 4.98 Å². The van der Waals surface area contributed by atoms with Crippen molar-refractivity contribution in [3.8, 4) is 6.07 Å². The average molecular weight is 253 g/mol. The van der Waals surface area contributed by atoms with Gasteiger partial charge >= 0.3 is 5.97 Å². The molecule has 0 spiro atoms. The molecule has 19 heavy (non-hydrogen) atoms. The van der Waals surface area contributed by atoms with E-state index in [2.05, 4.69) is 16.4 Å². The topological polar surface area (TPSA) is 86.0 Å². The number of anilines is 1. The summed E-state index contributed by atoms with van der Waals surface area (Å²) in [7, 11) is 0. The molecule has 0 atom stereocenters. The molecule has 1 heterocycles. The summed E-state index contributed by atoms with van der Waals surface area (Å²) in [6, 6.07) is 10.3. The number of hydrogen-bond donors (Lipinski definition) is 2. The second-order valence-corrected chi connectivity index (χ2v) is 3.89. The van der Waals surface area contributed by atoms with Gasteiger partial charge in [0.1, 0.15) is 6.07 Å². The first kappa shape index (κ1) is 12.6. The third-order valence-electron chi connectivity index (χ3n) is 2.60. The van der Waals surface area contributed by atoms with Crippen molar-refractivity contribution in [1.82, 2.24) is 4.98 Å². The second-order valence-electron chi connectivity index (χ2n) is 3.89. The summed E-state index contributed by atoms with van der Waals surface area (Å²) >= 11 is 0. The van der Waals surface area contributed by atoms with Crippen LogP contribution in [0.4, 0.5) is 5.69 Å². The molecule has 0 aliphatic carbocycles. The average Bonchev–Trinajstić information content (AvgIpc) is 2.45. The van der Waals surface area contributed by atoms with Crippen LogP contribution in [0.15, 0.2) is 42.7 Å². The zero-order chi connectivity index (χ0) is 13.7. The largest absolute Gasteiger partial charge is 0.478 e. The van der Waals surface area contributed by atoms with E-state index in [1.165, 1.54) is 6.07 Å². The molecule has 1 aromatic heterocycles. The van der Waals surface area contributed by atoms with Crippen LogP contribution in [0.5, 0.6) is 0 Å². The molecule has 1 aromatic carbocycles. The normalized spacial score (nSPS) is 9.63. The molecule has 2 aromatic rings. The first-order chi connectivity index (χ1) is 9.20. The maximum Gasteiger partial charge on any atom is 0.335 e. The van der Waals surface area contributed by atoms with Gasteiger partial charge in [0.25, 0.3) is 0 Å². The number of carbonyl (C=O) groups is 1. The van der Waals surface area contributed by atoms with Crippen molar-refractivity contribution in [2.24, 2.45) is 0 Å². The summed E-state index contributed by atoms with van der Waals surface area (Å²) in [6.45, 7) is 0.432. The Morgan fingerprint density at radius 2 is 2.26 bits per heavy atom. The van der Waals surface area contributed by atoms with Gasteiger partial charge in [-0.15, -0.1) is 0 Å². The van der Waals surface area contributed by atoms with E-state index in [9.17, 15) is 4.79 Å². The van der Waals surface area contributed by atoms with E-state index in [1.54, 1.807) is 30.6 Å². The Hall–Kier alpha value is -2.87. The Morgan fingerprint density at radius 3 is 3.00 bits per heavy atom. The van der Waals surface area contributed by atoms with E-state index in [1.807, 2.05) is 6.07 Å². The molecule has 5 heteroatoms. The molecule has 0 radical (unpaired) electrons. The molecule has 0 saturated carbocycles. The molecule has 2 rings (SSSR count). The lowest BCUT2D eigenvalue weighted by Crippen LogP contribution is -2.03. The number of pyridine rings is 1. The molecule has 0 aliphatic rings. The molecule has 0 fully saturated rings. The molecule has 0 unspecified atom stereocenters. The SMILES string of the molecule is N#Cc1ccncc1NCc1cccc(C(=O)O)c1. The number of nitrogens with zero attached hydrogens (tertiary/aromatic N) is 2. The van der Waals surface area contributed by atoms with Crippen molar-refractivity contribution in [2.75, 3.05) is 5.32 Å². The minimum Gasteiger partial charge on any atom is -0.478 e. The summed E-state index contributed by atoms with van der Waals surface area (Å²) in [6.07, 6.45) is 3.12. The van der Waals surface area contributed by atoms with E-state index in [-0.39, 0.29) is 5.56 Å². The Labute approximate surface area is 110 Å². The van der Waals surface area contributed by atoms with Crippen molar-refractivity contribution in [3.63, 3.8) is 0 Å². The number of carboxylic acid groups (broad SMARTS) is 1. The molecule has 0 bridgehead atoms. The highest BCUT2D eigenvalue weighted by molar-refractivity contribution is 5.87. The van der Waals surface area contributed by atoms with Crippen LogP contribution in [0.2, 0.25) is 0 Å². The van der Waals surface area contributed by atoms with Crippen LogP contribution in [0.1, 0.15) is 21.5 Å². The summed E-state index contributed by atoms with van der Waals surface area (Å²) in [5, 5.41) is 20.9. The van der Waals surface area contributed by atoms with E-state index < -0.39 is 5.97 Å². The summed E-state index contributed by atoms with van der Waals surface area (Å²) in [5.74, 6) is -0.957. The standard InChI is InChI=1S/C14H11N3O2/c15-7-12-4-5-16-9-13(12)17-8-10-2-1-3-11(6-10)14(18)19/h1-6,9,17H,8H2,(H,18,19). The highest BCUT2D eigenvalue weighted by atomic mass is 16.4. The first-order valence-electron chi connectivity index (χ1n) is 5.61. The predicted molar refractivity (Wildman–Crippen MR) is 69.7 cm³/mol. The lowest BCUT2D eigenvalue weighted by molar-refractivity contribution is 0.0697. The van der Waals surface area contributed by atoms with Crippen LogP contribution in [0, 0.1) is 11.3 Å². The fraction of sp³-hybridized carbons (Fsp3) is 0.0714. The Balaban J connectivity index is 2.13. The molecular weight excluding hydrogens is 242 g/mol. The van der Waals surface area contributed by atoms with Crippen molar-refractivity contribution in [2.45, 2.75) is 6.54 Å². The Bertz CT molecular complexity index is 647. The van der Waals surface area contributed by atoms with E-state index >= 15 is 0 Å². The monoisotopic (exact) mass is 253 g/mol. The predicted octanol–water partition coefficient (Wildman–Crippen LogP) is 2.26. The Kier molecular flexibility index (Phi) is 3.74. The van der Waals surface area contributed by atoms with Crippen molar-refractivity contribution < 1.29 is 9.90 Å². The van der Waals surface area contributed by atoms with E-state index in [0.29, 0.717) is 17.8 Å². The Morgan fingerprint density at radius 1 is 1.42 bits per heavy atom. The lowest BCUT2D eigenvalue weighted by atomic mass is 10.1. The zero-order valence-electron chi connectivity index (χ0n) is 10.00. The number of aromatic carboxylic acids is 1.